The Morgan fingerprint density at radius 2 is 2.12 bits per heavy atom. The van der Waals surface area contributed by atoms with Gasteiger partial charge in [0.05, 0.1) is 5.92 Å². The van der Waals surface area contributed by atoms with Crippen LogP contribution in [0.25, 0.3) is 0 Å². The van der Waals surface area contributed by atoms with Crippen LogP contribution in [0.4, 0.5) is 4.39 Å². The van der Waals surface area contributed by atoms with Gasteiger partial charge in [0.2, 0.25) is 5.91 Å². The van der Waals surface area contributed by atoms with Crippen molar-refractivity contribution >= 4 is 5.91 Å². The van der Waals surface area contributed by atoms with Crippen LogP contribution in [0.1, 0.15) is 18.9 Å². The van der Waals surface area contributed by atoms with Gasteiger partial charge < -0.3 is 11.1 Å². The molecule has 1 aromatic rings. The summed E-state index contributed by atoms with van der Waals surface area (Å²) in [6.45, 7) is 1.94. The van der Waals surface area contributed by atoms with Crippen molar-refractivity contribution < 1.29 is 9.18 Å². The second-order valence-corrected chi connectivity index (χ2v) is 4.75. The third-order valence-corrected chi connectivity index (χ3v) is 3.02. The van der Waals surface area contributed by atoms with Gasteiger partial charge in [0, 0.05) is 12.1 Å². The normalized spacial score (nSPS) is 24.2. The molecular formula is C13H17FN2O. The predicted molar refractivity (Wildman–Crippen MR) is 63.8 cm³/mol. The molecule has 1 aromatic carbocycles. The Balaban J connectivity index is 1.82. The Morgan fingerprint density at radius 3 is 2.65 bits per heavy atom. The van der Waals surface area contributed by atoms with Gasteiger partial charge in [0.1, 0.15) is 5.82 Å². The molecule has 0 heterocycles. The zero-order chi connectivity index (χ0) is 12.4. The molecule has 0 radical (unpaired) electrons. The van der Waals surface area contributed by atoms with Crippen LogP contribution in [0, 0.1) is 11.7 Å². The molecule has 1 aliphatic carbocycles. The van der Waals surface area contributed by atoms with Gasteiger partial charge in [0.25, 0.3) is 0 Å². The van der Waals surface area contributed by atoms with Crippen molar-refractivity contribution in [2.45, 2.75) is 31.8 Å². The molecule has 1 amide bonds. The monoisotopic (exact) mass is 236 g/mol. The molecule has 0 aliphatic heterocycles. The molecule has 1 fully saturated rings. The summed E-state index contributed by atoms with van der Waals surface area (Å²) in [5.74, 6) is -0.216. The van der Waals surface area contributed by atoms with Crippen LogP contribution in [0.5, 0.6) is 0 Å². The number of carbonyl (C=O) groups is 1. The second-order valence-electron chi connectivity index (χ2n) is 4.75. The van der Waals surface area contributed by atoms with Crippen molar-refractivity contribution in [2.75, 3.05) is 0 Å². The Kier molecular flexibility index (Phi) is 3.43. The summed E-state index contributed by atoms with van der Waals surface area (Å²) < 4.78 is 12.7. The van der Waals surface area contributed by atoms with Crippen LogP contribution in [0.15, 0.2) is 24.3 Å². The molecule has 1 aliphatic rings. The van der Waals surface area contributed by atoms with Crippen LogP contribution in [0.3, 0.4) is 0 Å². The van der Waals surface area contributed by atoms with Gasteiger partial charge in [-0.15, -0.1) is 0 Å². The molecule has 3 nitrogen and oxygen atoms in total. The van der Waals surface area contributed by atoms with Crippen LogP contribution in [0.2, 0.25) is 0 Å². The minimum absolute atomic E-state index is 0.00864. The van der Waals surface area contributed by atoms with Crippen molar-refractivity contribution in [3.8, 4) is 0 Å². The molecule has 0 bridgehead atoms. The van der Waals surface area contributed by atoms with E-state index in [1.165, 1.54) is 12.1 Å². The molecule has 92 valence electrons. The summed E-state index contributed by atoms with van der Waals surface area (Å²) in [7, 11) is 0. The summed E-state index contributed by atoms with van der Waals surface area (Å²) in [5, 5.41) is 2.92. The van der Waals surface area contributed by atoms with Gasteiger partial charge in [-0.3, -0.25) is 4.79 Å². The highest BCUT2D eigenvalue weighted by molar-refractivity contribution is 5.82. The maximum absolute atomic E-state index is 12.7. The molecule has 3 atom stereocenters. The Labute approximate surface area is 100 Å². The lowest BCUT2D eigenvalue weighted by Gasteiger charge is -2.13. The Morgan fingerprint density at radius 1 is 1.53 bits per heavy atom. The first-order valence-electron chi connectivity index (χ1n) is 5.86. The van der Waals surface area contributed by atoms with E-state index in [1.54, 1.807) is 12.1 Å². The van der Waals surface area contributed by atoms with Gasteiger partial charge in [0.15, 0.2) is 0 Å². The van der Waals surface area contributed by atoms with Crippen LogP contribution in [-0.2, 0) is 11.2 Å². The highest BCUT2D eigenvalue weighted by Crippen LogP contribution is 2.27. The molecule has 0 aromatic heterocycles. The van der Waals surface area contributed by atoms with E-state index < -0.39 is 0 Å². The van der Waals surface area contributed by atoms with Gasteiger partial charge in [-0.05, 0) is 37.5 Å². The van der Waals surface area contributed by atoms with E-state index in [2.05, 4.69) is 5.32 Å². The first-order valence-corrected chi connectivity index (χ1v) is 5.86. The van der Waals surface area contributed by atoms with Gasteiger partial charge in [-0.2, -0.15) is 0 Å². The van der Waals surface area contributed by atoms with E-state index in [9.17, 15) is 9.18 Å². The smallest absolute Gasteiger partial charge is 0.224 e. The maximum Gasteiger partial charge on any atom is 0.224 e. The molecule has 1 saturated carbocycles. The lowest BCUT2D eigenvalue weighted by atomic mass is 10.1. The second kappa shape index (κ2) is 4.84. The number of benzene rings is 1. The lowest BCUT2D eigenvalue weighted by molar-refractivity contribution is -0.122. The SMILES string of the molecule is CC(Cc1ccc(F)cc1)NC(=O)C1CC1N. The third kappa shape index (κ3) is 3.27. The van der Waals surface area contributed by atoms with E-state index in [1.807, 2.05) is 6.92 Å². The molecule has 3 unspecified atom stereocenters. The highest BCUT2D eigenvalue weighted by Gasteiger charge is 2.40. The molecule has 0 spiro atoms. The summed E-state index contributed by atoms with van der Waals surface area (Å²) >= 11 is 0. The fourth-order valence-electron chi connectivity index (χ4n) is 1.89. The number of amides is 1. The van der Waals surface area contributed by atoms with Gasteiger partial charge in [-0.1, -0.05) is 12.1 Å². The molecule has 3 N–H and O–H groups in total. The van der Waals surface area contributed by atoms with E-state index in [4.69, 9.17) is 5.73 Å². The van der Waals surface area contributed by atoms with Crippen molar-refractivity contribution in [1.82, 2.24) is 5.32 Å². The minimum atomic E-state index is -0.241. The van der Waals surface area contributed by atoms with Crippen molar-refractivity contribution in [3.05, 3.63) is 35.6 Å². The average molecular weight is 236 g/mol. The first kappa shape index (κ1) is 12.0. The standard InChI is InChI=1S/C13H17FN2O/c1-8(16-13(17)11-7-12(11)15)6-9-2-4-10(14)5-3-9/h2-5,8,11-12H,6-7,15H2,1H3,(H,16,17). The summed E-state index contributed by atoms with van der Waals surface area (Å²) in [4.78, 5) is 11.6. The molecule has 2 rings (SSSR count). The fraction of sp³-hybridized carbons (Fsp3) is 0.462. The van der Waals surface area contributed by atoms with Crippen molar-refractivity contribution in [1.29, 1.82) is 0 Å². The van der Waals surface area contributed by atoms with E-state index >= 15 is 0 Å². The third-order valence-electron chi connectivity index (χ3n) is 3.02. The molecule has 4 heteroatoms. The van der Waals surface area contributed by atoms with Crippen LogP contribution < -0.4 is 11.1 Å². The number of halogens is 1. The van der Waals surface area contributed by atoms with E-state index in [0.29, 0.717) is 6.42 Å². The average Bonchev–Trinajstić information content (AvgIpc) is 2.99. The number of nitrogens with one attached hydrogen (secondary N) is 1. The van der Waals surface area contributed by atoms with Crippen molar-refractivity contribution in [2.24, 2.45) is 11.7 Å². The van der Waals surface area contributed by atoms with Crippen LogP contribution >= 0.6 is 0 Å². The lowest BCUT2D eigenvalue weighted by Crippen LogP contribution is -2.36. The molecular weight excluding hydrogens is 219 g/mol. The quantitative estimate of drug-likeness (QED) is 0.826. The van der Waals surface area contributed by atoms with E-state index in [-0.39, 0.29) is 29.7 Å². The number of carbonyl (C=O) groups excluding carboxylic acids is 1. The minimum Gasteiger partial charge on any atom is -0.353 e. The van der Waals surface area contributed by atoms with Gasteiger partial charge in [-0.25, -0.2) is 4.39 Å². The number of hydrogen-bond donors (Lipinski definition) is 2. The summed E-state index contributed by atoms with van der Waals surface area (Å²) in [6, 6.07) is 6.41. The zero-order valence-corrected chi connectivity index (χ0v) is 9.82. The summed E-state index contributed by atoms with van der Waals surface area (Å²) in [5.41, 5.74) is 6.62. The summed E-state index contributed by atoms with van der Waals surface area (Å²) in [6.07, 6.45) is 1.49. The van der Waals surface area contributed by atoms with Crippen LogP contribution in [-0.4, -0.2) is 18.0 Å². The first-order chi connectivity index (χ1) is 8.06. The van der Waals surface area contributed by atoms with Gasteiger partial charge >= 0.3 is 0 Å². The largest absolute Gasteiger partial charge is 0.353 e. The number of nitrogens with two attached hydrogens (primary N) is 1. The maximum atomic E-state index is 12.7. The Bertz CT molecular complexity index is 404. The Hall–Kier alpha value is -1.42. The number of rotatable bonds is 4. The highest BCUT2D eigenvalue weighted by atomic mass is 19.1. The topological polar surface area (TPSA) is 55.1 Å². The van der Waals surface area contributed by atoms with E-state index in [0.717, 1.165) is 12.0 Å². The van der Waals surface area contributed by atoms with Crippen molar-refractivity contribution in [3.63, 3.8) is 0 Å². The fourth-order valence-corrected chi connectivity index (χ4v) is 1.89. The molecule has 0 saturated heterocycles. The number of hydrogen-bond acceptors (Lipinski definition) is 2. The molecule has 17 heavy (non-hydrogen) atoms. The zero-order valence-electron chi connectivity index (χ0n) is 9.82. The predicted octanol–water partition coefficient (Wildman–Crippen LogP) is 1.22.